The molecule has 3 aromatic rings. The van der Waals surface area contributed by atoms with E-state index < -0.39 is 0 Å². The van der Waals surface area contributed by atoms with Crippen LogP contribution in [0, 0.1) is 0 Å². The lowest BCUT2D eigenvalue weighted by molar-refractivity contribution is 0.253. The van der Waals surface area contributed by atoms with Gasteiger partial charge in [-0.3, -0.25) is 9.67 Å². The molecule has 2 aliphatic heterocycles. The Morgan fingerprint density at radius 1 is 1.00 bits per heavy atom. The Hall–Kier alpha value is -3.71. The SMILES string of the molecule is COC1=NN2C(=NC(c3ccc(C4(N)CCC4)cc3)C2c2ccccc2)C(c2ccnn2C)=C1. The number of benzene rings is 2. The average molecular weight is 453 g/mol. The Kier molecular flexibility index (Phi) is 4.88. The molecule has 0 bridgehead atoms. The maximum Gasteiger partial charge on any atom is 0.231 e. The van der Waals surface area contributed by atoms with Crippen molar-refractivity contribution >= 4 is 17.3 Å². The molecule has 172 valence electrons. The molecule has 1 aromatic heterocycles. The number of aliphatic imine (C=N–C) groups is 1. The molecule has 0 amide bonds. The van der Waals surface area contributed by atoms with Crippen LogP contribution in [-0.2, 0) is 17.3 Å². The summed E-state index contributed by atoms with van der Waals surface area (Å²) in [6.45, 7) is 0. The number of aromatic nitrogens is 2. The predicted octanol–water partition coefficient (Wildman–Crippen LogP) is 4.31. The molecule has 2 aromatic carbocycles. The van der Waals surface area contributed by atoms with Gasteiger partial charge in [-0.25, -0.2) is 5.01 Å². The number of amidine groups is 1. The molecule has 7 heteroatoms. The number of hydrazone groups is 1. The zero-order valence-corrected chi connectivity index (χ0v) is 19.4. The van der Waals surface area contributed by atoms with Gasteiger partial charge in [0, 0.05) is 30.4 Å². The highest BCUT2D eigenvalue weighted by atomic mass is 16.5. The first kappa shape index (κ1) is 20.9. The minimum atomic E-state index is -0.177. The van der Waals surface area contributed by atoms with E-state index in [0.717, 1.165) is 41.1 Å². The van der Waals surface area contributed by atoms with Crippen molar-refractivity contribution in [1.82, 2.24) is 14.8 Å². The van der Waals surface area contributed by atoms with Crippen molar-refractivity contribution in [3.8, 4) is 0 Å². The van der Waals surface area contributed by atoms with Crippen molar-refractivity contribution < 1.29 is 4.74 Å². The Labute approximate surface area is 199 Å². The van der Waals surface area contributed by atoms with Gasteiger partial charge in [0.25, 0.3) is 0 Å². The van der Waals surface area contributed by atoms with E-state index in [4.69, 9.17) is 20.6 Å². The van der Waals surface area contributed by atoms with Gasteiger partial charge in [0.1, 0.15) is 12.1 Å². The van der Waals surface area contributed by atoms with Gasteiger partial charge >= 0.3 is 0 Å². The Morgan fingerprint density at radius 2 is 1.76 bits per heavy atom. The monoisotopic (exact) mass is 452 g/mol. The van der Waals surface area contributed by atoms with Crippen molar-refractivity contribution in [2.24, 2.45) is 22.9 Å². The third-order valence-electron chi connectivity index (χ3n) is 7.28. The van der Waals surface area contributed by atoms with Crippen LogP contribution >= 0.6 is 0 Å². The fraction of sp³-hybridized carbons (Fsp3) is 0.296. The molecule has 1 fully saturated rings. The molecular formula is C27H28N6O. The summed E-state index contributed by atoms with van der Waals surface area (Å²) in [6, 6.07) is 20.9. The van der Waals surface area contributed by atoms with Gasteiger partial charge in [0.2, 0.25) is 5.90 Å². The molecule has 2 unspecified atom stereocenters. The quantitative estimate of drug-likeness (QED) is 0.640. The topological polar surface area (TPSA) is 81.0 Å². The van der Waals surface area contributed by atoms with E-state index in [1.54, 1.807) is 13.3 Å². The van der Waals surface area contributed by atoms with Crippen LogP contribution in [0.15, 0.2) is 83.0 Å². The van der Waals surface area contributed by atoms with Crippen LogP contribution < -0.4 is 5.73 Å². The van der Waals surface area contributed by atoms with E-state index in [1.165, 1.54) is 12.0 Å². The van der Waals surface area contributed by atoms with Crippen LogP contribution in [0.1, 0.15) is 53.7 Å². The summed E-state index contributed by atoms with van der Waals surface area (Å²) in [5.41, 5.74) is 11.8. The van der Waals surface area contributed by atoms with E-state index in [2.05, 4.69) is 53.6 Å². The molecule has 0 radical (unpaired) electrons. The Morgan fingerprint density at radius 3 is 2.38 bits per heavy atom. The van der Waals surface area contributed by atoms with Crippen LogP contribution in [0.4, 0.5) is 0 Å². The van der Waals surface area contributed by atoms with Gasteiger partial charge in [-0.15, -0.1) is 5.10 Å². The number of fused-ring (bicyclic) bond motifs is 1. The van der Waals surface area contributed by atoms with Crippen LogP contribution in [0.5, 0.6) is 0 Å². The third kappa shape index (κ3) is 3.27. The Bertz CT molecular complexity index is 1300. The average Bonchev–Trinajstić information content (AvgIpc) is 3.46. The van der Waals surface area contributed by atoms with Gasteiger partial charge < -0.3 is 10.5 Å². The first-order valence-electron chi connectivity index (χ1n) is 11.7. The zero-order chi connectivity index (χ0) is 23.3. The molecule has 3 heterocycles. The molecule has 3 aliphatic rings. The minimum Gasteiger partial charge on any atom is -0.480 e. The highest BCUT2D eigenvalue weighted by Gasteiger charge is 2.43. The largest absolute Gasteiger partial charge is 0.480 e. The molecule has 7 nitrogen and oxygen atoms in total. The molecule has 1 saturated carbocycles. The highest BCUT2D eigenvalue weighted by Crippen LogP contribution is 2.46. The summed E-state index contributed by atoms with van der Waals surface area (Å²) in [5.74, 6) is 1.36. The molecule has 1 aliphatic carbocycles. The van der Waals surface area contributed by atoms with Crippen LogP contribution in [0.25, 0.3) is 5.57 Å². The van der Waals surface area contributed by atoms with Crippen molar-refractivity contribution in [3.05, 3.63) is 95.3 Å². The summed E-state index contributed by atoms with van der Waals surface area (Å²) in [5, 5.41) is 11.2. The van der Waals surface area contributed by atoms with E-state index in [-0.39, 0.29) is 17.6 Å². The van der Waals surface area contributed by atoms with E-state index >= 15 is 0 Å². The van der Waals surface area contributed by atoms with Gasteiger partial charge in [-0.2, -0.15) is 5.10 Å². The highest BCUT2D eigenvalue weighted by molar-refractivity contribution is 6.28. The van der Waals surface area contributed by atoms with Crippen molar-refractivity contribution in [2.45, 2.75) is 36.9 Å². The lowest BCUT2D eigenvalue weighted by atomic mass is 9.72. The fourth-order valence-electron chi connectivity index (χ4n) is 5.17. The van der Waals surface area contributed by atoms with Gasteiger partial charge in [0.15, 0.2) is 5.84 Å². The molecule has 0 saturated heterocycles. The second-order valence-corrected chi connectivity index (χ2v) is 9.27. The van der Waals surface area contributed by atoms with Crippen LogP contribution in [0.2, 0.25) is 0 Å². The second-order valence-electron chi connectivity index (χ2n) is 9.27. The smallest absolute Gasteiger partial charge is 0.231 e. The van der Waals surface area contributed by atoms with Crippen LogP contribution in [-0.4, -0.2) is 33.6 Å². The second kappa shape index (κ2) is 7.95. The number of ether oxygens (including phenoxy) is 1. The number of nitrogens with zero attached hydrogens (tertiary/aromatic N) is 5. The van der Waals surface area contributed by atoms with Crippen LogP contribution in [0.3, 0.4) is 0 Å². The minimum absolute atomic E-state index is 0.0975. The lowest BCUT2D eigenvalue weighted by Crippen LogP contribution is -2.43. The number of nitrogens with two attached hydrogens (primary N) is 1. The number of rotatable bonds is 4. The summed E-state index contributed by atoms with van der Waals surface area (Å²) in [4.78, 5) is 5.25. The molecule has 0 spiro atoms. The Balaban J connectivity index is 1.46. The van der Waals surface area contributed by atoms with Gasteiger partial charge in [-0.05, 0) is 42.0 Å². The van der Waals surface area contributed by atoms with Crippen molar-refractivity contribution in [3.63, 3.8) is 0 Å². The number of hydrogen-bond donors (Lipinski definition) is 1. The van der Waals surface area contributed by atoms with Crippen molar-refractivity contribution in [2.75, 3.05) is 7.11 Å². The first-order chi connectivity index (χ1) is 16.6. The van der Waals surface area contributed by atoms with E-state index in [1.807, 2.05) is 34.9 Å². The third-order valence-corrected chi connectivity index (χ3v) is 7.28. The standard InChI is InChI=1S/C27H28N6O/c1-32-22(13-16-29-32)21-17-23(34-2)31-33-25(19-7-4-3-5-8-19)24(30-26(21)33)18-9-11-20(12-10-18)27(28)14-6-15-27/h3-5,7-13,16-17,24-25H,6,14-15,28H2,1-2H3. The first-order valence-corrected chi connectivity index (χ1v) is 11.7. The number of methoxy groups -OCH3 is 1. The lowest BCUT2D eigenvalue weighted by Gasteiger charge is -2.38. The summed E-state index contributed by atoms with van der Waals surface area (Å²) < 4.78 is 7.45. The fourth-order valence-corrected chi connectivity index (χ4v) is 5.17. The normalized spacial score (nSPS) is 22.9. The molecular weight excluding hydrogens is 424 g/mol. The zero-order valence-electron chi connectivity index (χ0n) is 19.4. The maximum atomic E-state index is 6.58. The maximum absolute atomic E-state index is 6.58. The molecule has 2 N–H and O–H groups in total. The van der Waals surface area contributed by atoms with Gasteiger partial charge in [-0.1, -0.05) is 54.6 Å². The van der Waals surface area contributed by atoms with Crippen molar-refractivity contribution in [1.29, 1.82) is 0 Å². The summed E-state index contributed by atoms with van der Waals surface area (Å²) in [6.07, 6.45) is 7.02. The van der Waals surface area contributed by atoms with Gasteiger partial charge in [0.05, 0.1) is 12.8 Å². The molecule has 34 heavy (non-hydrogen) atoms. The van der Waals surface area contributed by atoms with E-state index in [9.17, 15) is 0 Å². The van der Waals surface area contributed by atoms with E-state index in [0.29, 0.717) is 5.90 Å². The predicted molar refractivity (Wildman–Crippen MR) is 133 cm³/mol. The number of hydrogen-bond acceptors (Lipinski definition) is 6. The summed E-state index contributed by atoms with van der Waals surface area (Å²) >= 11 is 0. The number of aryl methyl sites for hydroxylation is 1. The summed E-state index contributed by atoms with van der Waals surface area (Å²) in [7, 11) is 3.58. The molecule has 6 rings (SSSR count). The molecule has 2 atom stereocenters.